The number of amides is 1. The highest BCUT2D eigenvalue weighted by molar-refractivity contribution is 6.17. The van der Waals surface area contributed by atoms with Gasteiger partial charge in [0.25, 0.3) is 5.91 Å². The van der Waals surface area contributed by atoms with E-state index in [0.29, 0.717) is 17.5 Å². The molecule has 1 unspecified atom stereocenters. The van der Waals surface area contributed by atoms with Gasteiger partial charge in [-0.05, 0) is 50.3 Å². The first-order chi connectivity index (χ1) is 9.13. The van der Waals surface area contributed by atoms with Crippen molar-refractivity contribution in [2.24, 2.45) is 0 Å². The van der Waals surface area contributed by atoms with E-state index >= 15 is 0 Å². The van der Waals surface area contributed by atoms with Gasteiger partial charge in [0.15, 0.2) is 0 Å². The number of carbonyl (C=O) groups is 1. The van der Waals surface area contributed by atoms with E-state index in [0.717, 1.165) is 37.8 Å². The van der Waals surface area contributed by atoms with Crippen LogP contribution in [0.5, 0.6) is 5.75 Å². The third-order valence-corrected chi connectivity index (χ3v) is 4.03. The van der Waals surface area contributed by atoms with Crippen molar-refractivity contribution in [1.82, 2.24) is 4.90 Å². The molecule has 1 fully saturated rings. The Hall–Kier alpha value is -1.22. The van der Waals surface area contributed by atoms with Gasteiger partial charge in [0.2, 0.25) is 0 Å². The molecule has 1 aromatic carbocycles. The molecular weight excluding hydrogens is 262 g/mol. The topological polar surface area (TPSA) is 40.5 Å². The highest BCUT2D eigenvalue weighted by atomic mass is 35.5. The predicted octanol–water partition coefficient (Wildman–Crippen LogP) is 3.32. The molecule has 1 aromatic rings. The van der Waals surface area contributed by atoms with Gasteiger partial charge in [0.1, 0.15) is 5.75 Å². The normalized spacial score (nSPS) is 18.8. The number of likely N-dealkylation sites (tertiary alicyclic amines) is 1. The first-order valence-electron chi connectivity index (χ1n) is 6.80. The summed E-state index contributed by atoms with van der Waals surface area (Å²) in [6.45, 7) is 2.63. The monoisotopic (exact) mass is 281 g/mol. The number of halogens is 1. The number of aryl methyl sites for hydroxylation is 1. The van der Waals surface area contributed by atoms with E-state index in [2.05, 4.69) is 0 Å². The third-order valence-electron chi connectivity index (χ3n) is 3.77. The summed E-state index contributed by atoms with van der Waals surface area (Å²) in [5, 5.41) is 9.71. The molecule has 1 heterocycles. The van der Waals surface area contributed by atoms with Crippen molar-refractivity contribution in [2.45, 2.75) is 38.6 Å². The van der Waals surface area contributed by atoms with Crippen LogP contribution in [0.15, 0.2) is 18.2 Å². The molecule has 0 bridgehead atoms. The lowest BCUT2D eigenvalue weighted by atomic mass is 10.1. The largest absolute Gasteiger partial charge is 0.508 e. The van der Waals surface area contributed by atoms with Crippen LogP contribution in [0.1, 0.15) is 41.6 Å². The molecule has 1 atom stereocenters. The summed E-state index contributed by atoms with van der Waals surface area (Å²) in [7, 11) is 0. The maximum absolute atomic E-state index is 12.5. The van der Waals surface area contributed by atoms with Crippen LogP contribution in [0.2, 0.25) is 0 Å². The molecule has 4 heteroatoms. The predicted molar refractivity (Wildman–Crippen MR) is 76.9 cm³/mol. The average molecular weight is 282 g/mol. The number of rotatable bonds is 4. The van der Waals surface area contributed by atoms with Crippen molar-refractivity contribution in [3.05, 3.63) is 29.3 Å². The Morgan fingerprint density at radius 2 is 2.32 bits per heavy atom. The van der Waals surface area contributed by atoms with Crippen LogP contribution in [-0.4, -0.2) is 34.4 Å². The molecular formula is C15H20ClNO2. The summed E-state index contributed by atoms with van der Waals surface area (Å²) in [5.41, 5.74) is 1.36. The second-order valence-electron chi connectivity index (χ2n) is 5.13. The molecule has 0 aliphatic carbocycles. The molecule has 1 aliphatic rings. The van der Waals surface area contributed by atoms with Crippen molar-refractivity contribution < 1.29 is 9.90 Å². The quantitative estimate of drug-likeness (QED) is 0.860. The zero-order valence-corrected chi connectivity index (χ0v) is 12.0. The molecule has 3 nitrogen and oxygen atoms in total. The highest BCUT2D eigenvalue weighted by Crippen LogP contribution is 2.25. The number of phenols is 1. The molecule has 104 valence electrons. The Labute approximate surface area is 119 Å². The van der Waals surface area contributed by atoms with Gasteiger partial charge in [-0.25, -0.2) is 0 Å². The SMILES string of the molecule is Cc1ccc(C(=O)N2CCCC2CCCCl)cc1O. The zero-order chi connectivity index (χ0) is 13.8. The van der Waals surface area contributed by atoms with E-state index < -0.39 is 0 Å². The summed E-state index contributed by atoms with van der Waals surface area (Å²) in [6, 6.07) is 5.43. The number of phenolic OH excluding ortho intramolecular Hbond substituents is 1. The fourth-order valence-corrected chi connectivity index (χ4v) is 2.78. The average Bonchev–Trinajstić information content (AvgIpc) is 2.87. The minimum absolute atomic E-state index is 0.0207. The summed E-state index contributed by atoms with van der Waals surface area (Å²) in [6.07, 6.45) is 4.01. The van der Waals surface area contributed by atoms with Gasteiger partial charge in [-0.3, -0.25) is 4.79 Å². The van der Waals surface area contributed by atoms with Crippen LogP contribution < -0.4 is 0 Å². The molecule has 0 saturated carbocycles. The molecule has 0 radical (unpaired) electrons. The van der Waals surface area contributed by atoms with Gasteiger partial charge >= 0.3 is 0 Å². The van der Waals surface area contributed by atoms with Crippen molar-refractivity contribution in [2.75, 3.05) is 12.4 Å². The number of nitrogens with zero attached hydrogens (tertiary/aromatic N) is 1. The number of carbonyl (C=O) groups excluding carboxylic acids is 1. The van der Waals surface area contributed by atoms with Gasteiger partial charge in [-0.15, -0.1) is 11.6 Å². The molecule has 19 heavy (non-hydrogen) atoms. The van der Waals surface area contributed by atoms with E-state index in [1.54, 1.807) is 18.2 Å². The van der Waals surface area contributed by atoms with E-state index in [-0.39, 0.29) is 11.7 Å². The number of hydrogen-bond donors (Lipinski definition) is 1. The Kier molecular flexibility index (Phi) is 4.70. The highest BCUT2D eigenvalue weighted by Gasteiger charge is 2.28. The number of benzene rings is 1. The van der Waals surface area contributed by atoms with Crippen molar-refractivity contribution >= 4 is 17.5 Å². The van der Waals surface area contributed by atoms with Crippen LogP contribution in [0.25, 0.3) is 0 Å². The second kappa shape index (κ2) is 6.29. The molecule has 1 saturated heterocycles. The Morgan fingerprint density at radius 3 is 3.00 bits per heavy atom. The molecule has 1 amide bonds. The van der Waals surface area contributed by atoms with Crippen LogP contribution in [-0.2, 0) is 0 Å². The van der Waals surface area contributed by atoms with Crippen LogP contribution in [0.4, 0.5) is 0 Å². The molecule has 0 spiro atoms. The molecule has 1 aliphatic heterocycles. The fraction of sp³-hybridized carbons (Fsp3) is 0.533. The Bertz CT molecular complexity index is 461. The fourth-order valence-electron chi connectivity index (χ4n) is 2.62. The van der Waals surface area contributed by atoms with Crippen LogP contribution in [0.3, 0.4) is 0 Å². The number of hydrogen-bond acceptors (Lipinski definition) is 2. The lowest BCUT2D eigenvalue weighted by Gasteiger charge is -2.24. The van der Waals surface area contributed by atoms with E-state index in [4.69, 9.17) is 11.6 Å². The zero-order valence-electron chi connectivity index (χ0n) is 11.2. The van der Waals surface area contributed by atoms with Crippen molar-refractivity contribution in [1.29, 1.82) is 0 Å². The van der Waals surface area contributed by atoms with E-state index in [1.165, 1.54) is 0 Å². The molecule has 1 N–H and O–H groups in total. The maximum Gasteiger partial charge on any atom is 0.254 e. The third kappa shape index (κ3) is 3.21. The number of alkyl halides is 1. The molecule has 2 rings (SSSR count). The Balaban J connectivity index is 2.11. The maximum atomic E-state index is 12.5. The first-order valence-corrected chi connectivity index (χ1v) is 7.33. The number of aromatic hydroxyl groups is 1. The summed E-state index contributed by atoms with van der Waals surface area (Å²) < 4.78 is 0. The van der Waals surface area contributed by atoms with Gasteiger partial charge in [0, 0.05) is 24.0 Å². The second-order valence-corrected chi connectivity index (χ2v) is 5.51. The summed E-state index contributed by atoms with van der Waals surface area (Å²) in [5.74, 6) is 0.846. The summed E-state index contributed by atoms with van der Waals surface area (Å²) in [4.78, 5) is 14.4. The van der Waals surface area contributed by atoms with E-state index in [1.807, 2.05) is 11.8 Å². The van der Waals surface area contributed by atoms with Gasteiger partial charge in [0.05, 0.1) is 0 Å². The van der Waals surface area contributed by atoms with Gasteiger partial charge < -0.3 is 10.0 Å². The van der Waals surface area contributed by atoms with Crippen molar-refractivity contribution in [3.63, 3.8) is 0 Å². The van der Waals surface area contributed by atoms with Gasteiger partial charge in [-0.1, -0.05) is 6.07 Å². The van der Waals surface area contributed by atoms with Gasteiger partial charge in [-0.2, -0.15) is 0 Å². The minimum Gasteiger partial charge on any atom is -0.508 e. The lowest BCUT2D eigenvalue weighted by Crippen LogP contribution is -2.35. The lowest BCUT2D eigenvalue weighted by molar-refractivity contribution is 0.0729. The standard InChI is InChI=1S/C15H20ClNO2/c1-11-6-7-12(10-14(11)18)15(19)17-9-3-5-13(17)4-2-8-16/h6-7,10,13,18H,2-5,8-9H2,1H3. The van der Waals surface area contributed by atoms with Crippen molar-refractivity contribution in [3.8, 4) is 5.75 Å². The van der Waals surface area contributed by atoms with Crippen LogP contribution in [0, 0.1) is 6.92 Å². The first kappa shape index (κ1) is 14.2. The Morgan fingerprint density at radius 1 is 1.53 bits per heavy atom. The smallest absolute Gasteiger partial charge is 0.254 e. The van der Waals surface area contributed by atoms with Crippen LogP contribution >= 0.6 is 11.6 Å². The minimum atomic E-state index is 0.0207. The van der Waals surface area contributed by atoms with E-state index in [9.17, 15) is 9.90 Å². The molecule has 0 aromatic heterocycles. The summed E-state index contributed by atoms with van der Waals surface area (Å²) >= 11 is 5.73.